The van der Waals surface area contributed by atoms with E-state index in [0.717, 1.165) is 16.7 Å². The van der Waals surface area contributed by atoms with Crippen molar-refractivity contribution in [1.29, 1.82) is 0 Å². The number of nitrogens with two attached hydrogens (primary N) is 1. The van der Waals surface area contributed by atoms with Crippen LogP contribution in [0.4, 0.5) is 5.69 Å². The molecule has 1 amide bonds. The standard InChI is InChI=1S/C21H18N2O3/c22-13-14-6-8-15(9-7-14)17-10-11-18(21(25)26)19(12-17)23-20(24)16-4-2-1-3-5-16/h1-12H,13,22H2,(H,23,24)(H,25,26). The largest absolute Gasteiger partial charge is 0.478 e. The third kappa shape index (κ3) is 3.79. The Hall–Kier alpha value is -3.44. The van der Waals surface area contributed by atoms with Gasteiger partial charge < -0.3 is 16.2 Å². The number of carboxylic acid groups (broad SMARTS) is 1. The summed E-state index contributed by atoms with van der Waals surface area (Å²) in [4.78, 5) is 23.9. The average molecular weight is 346 g/mol. The lowest BCUT2D eigenvalue weighted by molar-refractivity contribution is 0.0698. The quantitative estimate of drug-likeness (QED) is 0.656. The van der Waals surface area contributed by atoms with Gasteiger partial charge >= 0.3 is 5.97 Å². The molecule has 0 aliphatic heterocycles. The van der Waals surface area contributed by atoms with Crippen molar-refractivity contribution in [2.45, 2.75) is 6.54 Å². The van der Waals surface area contributed by atoms with Gasteiger partial charge in [-0.2, -0.15) is 0 Å². The van der Waals surface area contributed by atoms with Crippen LogP contribution in [0.3, 0.4) is 0 Å². The van der Waals surface area contributed by atoms with E-state index in [-0.39, 0.29) is 17.2 Å². The predicted molar refractivity (Wildman–Crippen MR) is 101 cm³/mol. The van der Waals surface area contributed by atoms with Gasteiger partial charge in [0.05, 0.1) is 11.3 Å². The van der Waals surface area contributed by atoms with Gasteiger partial charge in [-0.3, -0.25) is 4.79 Å². The van der Waals surface area contributed by atoms with E-state index in [0.29, 0.717) is 12.1 Å². The van der Waals surface area contributed by atoms with Crippen molar-refractivity contribution in [3.8, 4) is 11.1 Å². The number of hydrogen-bond donors (Lipinski definition) is 3. The molecule has 0 aliphatic carbocycles. The molecule has 26 heavy (non-hydrogen) atoms. The summed E-state index contributed by atoms with van der Waals surface area (Å²) < 4.78 is 0. The van der Waals surface area contributed by atoms with E-state index in [4.69, 9.17) is 5.73 Å². The number of nitrogens with one attached hydrogen (secondary N) is 1. The lowest BCUT2D eigenvalue weighted by atomic mass is 10.0. The summed E-state index contributed by atoms with van der Waals surface area (Å²) in [5, 5.41) is 12.1. The summed E-state index contributed by atoms with van der Waals surface area (Å²) in [6.07, 6.45) is 0. The summed E-state index contributed by atoms with van der Waals surface area (Å²) >= 11 is 0. The molecule has 130 valence electrons. The number of amides is 1. The normalized spacial score (nSPS) is 10.3. The van der Waals surface area contributed by atoms with Crippen LogP contribution < -0.4 is 11.1 Å². The first-order valence-corrected chi connectivity index (χ1v) is 8.11. The molecule has 0 atom stereocenters. The van der Waals surface area contributed by atoms with Crippen molar-refractivity contribution in [3.63, 3.8) is 0 Å². The highest BCUT2D eigenvalue weighted by Gasteiger charge is 2.15. The van der Waals surface area contributed by atoms with Crippen LogP contribution in [0.1, 0.15) is 26.3 Å². The van der Waals surface area contributed by atoms with Gasteiger partial charge in [-0.05, 0) is 41.0 Å². The average Bonchev–Trinajstić information content (AvgIpc) is 2.68. The Balaban J connectivity index is 1.96. The fourth-order valence-electron chi connectivity index (χ4n) is 2.63. The van der Waals surface area contributed by atoms with Gasteiger partial charge in [0.2, 0.25) is 0 Å². The third-order valence-electron chi connectivity index (χ3n) is 4.06. The molecule has 0 unspecified atom stereocenters. The molecular weight excluding hydrogens is 328 g/mol. The summed E-state index contributed by atoms with van der Waals surface area (Å²) in [5.41, 5.74) is 9.09. The summed E-state index contributed by atoms with van der Waals surface area (Å²) in [6.45, 7) is 0.455. The fraction of sp³-hybridized carbons (Fsp3) is 0.0476. The molecule has 4 N–H and O–H groups in total. The molecule has 0 bridgehead atoms. The van der Waals surface area contributed by atoms with E-state index < -0.39 is 5.97 Å². The Kier molecular flexibility index (Phi) is 5.10. The van der Waals surface area contributed by atoms with Crippen LogP contribution in [-0.2, 0) is 6.54 Å². The number of carbonyl (C=O) groups excluding carboxylic acids is 1. The highest BCUT2D eigenvalue weighted by Crippen LogP contribution is 2.27. The molecule has 0 radical (unpaired) electrons. The lowest BCUT2D eigenvalue weighted by Crippen LogP contribution is -2.14. The molecule has 5 heteroatoms. The summed E-state index contributed by atoms with van der Waals surface area (Å²) in [7, 11) is 0. The molecule has 0 fully saturated rings. The number of rotatable bonds is 5. The van der Waals surface area contributed by atoms with Crippen molar-refractivity contribution >= 4 is 17.6 Å². The van der Waals surface area contributed by atoms with Crippen LogP contribution in [0, 0.1) is 0 Å². The Bertz CT molecular complexity index is 935. The van der Waals surface area contributed by atoms with Gasteiger partial charge in [-0.15, -0.1) is 0 Å². The summed E-state index contributed by atoms with van der Waals surface area (Å²) in [5.74, 6) is -1.46. The van der Waals surface area contributed by atoms with Gasteiger partial charge in [0.25, 0.3) is 5.91 Å². The second-order valence-corrected chi connectivity index (χ2v) is 5.79. The molecule has 3 aromatic rings. The molecule has 3 aromatic carbocycles. The first-order chi connectivity index (χ1) is 12.6. The number of anilines is 1. The Morgan fingerprint density at radius 2 is 1.54 bits per heavy atom. The molecule has 0 aliphatic rings. The zero-order chi connectivity index (χ0) is 18.5. The van der Waals surface area contributed by atoms with Crippen molar-refractivity contribution in [3.05, 3.63) is 89.5 Å². The van der Waals surface area contributed by atoms with Gasteiger partial charge in [0.1, 0.15) is 0 Å². The Labute approximate surface area is 151 Å². The number of carboxylic acids is 1. The van der Waals surface area contributed by atoms with Crippen LogP contribution in [0.15, 0.2) is 72.8 Å². The number of aromatic carboxylic acids is 1. The zero-order valence-corrected chi connectivity index (χ0v) is 14.0. The van der Waals surface area contributed by atoms with Gasteiger partial charge in [0, 0.05) is 12.1 Å². The lowest BCUT2D eigenvalue weighted by Gasteiger charge is -2.11. The predicted octanol–water partition coefficient (Wildman–Crippen LogP) is 3.76. The maximum absolute atomic E-state index is 12.4. The SMILES string of the molecule is NCc1ccc(-c2ccc(C(=O)O)c(NC(=O)c3ccccc3)c2)cc1. The van der Waals surface area contributed by atoms with Crippen LogP contribution in [0.2, 0.25) is 0 Å². The number of hydrogen-bond acceptors (Lipinski definition) is 3. The fourth-order valence-corrected chi connectivity index (χ4v) is 2.63. The van der Waals surface area contributed by atoms with Gasteiger partial charge in [0.15, 0.2) is 0 Å². The molecule has 0 aromatic heterocycles. The first kappa shape index (κ1) is 17.4. The second-order valence-electron chi connectivity index (χ2n) is 5.79. The topological polar surface area (TPSA) is 92.4 Å². The van der Waals surface area contributed by atoms with Crippen LogP contribution in [-0.4, -0.2) is 17.0 Å². The van der Waals surface area contributed by atoms with E-state index in [9.17, 15) is 14.7 Å². The number of benzene rings is 3. The van der Waals surface area contributed by atoms with Crippen molar-refractivity contribution in [1.82, 2.24) is 0 Å². The van der Waals surface area contributed by atoms with Gasteiger partial charge in [-0.1, -0.05) is 48.5 Å². The summed E-state index contributed by atoms with van der Waals surface area (Å²) in [6, 6.07) is 21.2. The monoisotopic (exact) mass is 346 g/mol. The second kappa shape index (κ2) is 7.63. The Morgan fingerprint density at radius 3 is 2.15 bits per heavy atom. The third-order valence-corrected chi connectivity index (χ3v) is 4.06. The highest BCUT2D eigenvalue weighted by atomic mass is 16.4. The molecule has 3 rings (SSSR count). The van der Waals surface area contributed by atoms with Gasteiger partial charge in [-0.25, -0.2) is 4.79 Å². The van der Waals surface area contributed by atoms with E-state index in [1.807, 2.05) is 30.3 Å². The molecule has 0 spiro atoms. The first-order valence-electron chi connectivity index (χ1n) is 8.11. The minimum Gasteiger partial charge on any atom is -0.478 e. The maximum Gasteiger partial charge on any atom is 0.337 e. The van der Waals surface area contributed by atoms with Crippen LogP contribution in [0.25, 0.3) is 11.1 Å². The molecule has 0 heterocycles. The molecule has 5 nitrogen and oxygen atoms in total. The number of carbonyl (C=O) groups is 2. The smallest absolute Gasteiger partial charge is 0.337 e. The van der Waals surface area contributed by atoms with Crippen LogP contribution in [0.5, 0.6) is 0 Å². The maximum atomic E-state index is 12.4. The van der Waals surface area contributed by atoms with Crippen molar-refractivity contribution in [2.24, 2.45) is 5.73 Å². The van der Waals surface area contributed by atoms with E-state index in [1.54, 1.807) is 36.4 Å². The molecule has 0 saturated heterocycles. The highest BCUT2D eigenvalue weighted by molar-refractivity contribution is 6.08. The molecule has 0 saturated carbocycles. The van der Waals surface area contributed by atoms with Crippen molar-refractivity contribution < 1.29 is 14.7 Å². The minimum absolute atomic E-state index is 0.0385. The zero-order valence-electron chi connectivity index (χ0n) is 14.0. The van der Waals surface area contributed by atoms with E-state index >= 15 is 0 Å². The van der Waals surface area contributed by atoms with E-state index in [1.165, 1.54) is 6.07 Å². The molecular formula is C21H18N2O3. The van der Waals surface area contributed by atoms with E-state index in [2.05, 4.69) is 5.32 Å². The minimum atomic E-state index is -1.10. The van der Waals surface area contributed by atoms with Crippen molar-refractivity contribution in [2.75, 3.05) is 5.32 Å². The Morgan fingerprint density at radius 1 is 0.885 bits per heavy atom. The van der Waals surface area contributed by atoms with Crippen LogP contribution >= 0.6 is 0 Å².